The lowest BCUT2D eigenvalue weighted by Crippen LogP contribution is -2.56. The molecule has 1 atom stereocenters. The molecule has 1 aliphatic rings. The molecule has 1 saturated carbocycles. The second-order valence-electron chi connectivity index (χ2n) is 6.05. The lowest BCUT2D eigenvalue weighted by molar-refractivity contribution is 0.0272. The molecule has 0 aromatic carbocycles. The number of likely N-dealkylation sites (N-methyl/N-ethyl adjacent to an activating group) is 2. The predicted molar refractivity (Wildman–Crippen MR) is 75.3 cm³/mol. The van der Waals surface area contributed by atoms with Crippen LogP contribution < -0.4 is 5.73 Å². The highest BCUT2D eigenvalue weighted by Gasteiger charge is 2.39. The SMILES string of the molecule is CCCC(N)CCN(C)CC1(N(C)C)CCC1. The molecule has 1 fully saturated rings. The average Bonchev–Trinajstić information content (AvgIpc) is 2.20. The van der Waals surface area contributed by atoms with E-state index < -0.39 is 0 Å². The molecule has 2 N–H and O–H groups in total. The molecule has 3 nitrogen and oxygen atoms in total. The van der Waals surface area contributed by atoms with Crippen LogP contribution in [0, 0.1) is 0 Å². The summed E-state index contributed by atoms with van der Waals surface area (Å²) in [5, 5.41) is 0. The van der Waals surface area contributed by atoms with Gasteiger partial charge < -0.3 is 15.5 Å². The van der Waals surface area contributed by atoms with Crippen molar-refractivity contribution in [3.63, 3.8) is 0 Å². The van der Waals surface area contributed by atoms with Crippen LogP contribution in [0.15, 0.2) is 0 Å². The van der Waals surface area contributed by atoms with Crippen molar-refractivity contribution >= 4 is 0 Å². The fraction of sp³-hybridized carbons (Fsp3) is 1.00. The summed E-state index contributed by atoms with van der Waals surface area (Å²) in [6, 6.07) is 0.388. The number of rotatable bonds is 8. The molecule has 0 spiro atoms. The zero-order valence-electron chi connectivity index (χ0n) is 12.2. The van der Waals surface area contributed by atoms with Gasteiger partial charge in [-0.05, 0) is 59.8 Å². The van der Waals surface area contributed by atoms with E-state index in [-0.39, 0.29) is 0 Å². The fourth-order valence-electron chi connectivity index (χ4n) is 2.81. The van der Waals surface area contributed by atoms with Gasteiger partial charge in [0.2, 0.25) is 0 Å². The first-order valence-electron chi connectivity index (χ1n) is 7.12. The summed E-state index contributed by atoms with van der Waals surface area (Å²) in [6.45, 7) is 4.54. The summed E-state index contributed by atoms with van der Waals surface area (Å²) in [4.78, 5) is 4.88. The molecule has 1 aliphatic carbocycles. The molecule has 0 aromatic heterocycles. The maximum Gasteiger partial charge on any atom is 0.0330 e. The molecular weight excluding hydrogens is 210 g/mol. The monoisotopic (exact) mass is 241 g/mol. The second kappa shape index (κ2) is 6.72. The molecule has 0 amide bonds. The molecule has 0 aromatic rings. The summed E-state index contributed by atoms with van der Waals surface area (Å²) < 4.78 is 0. The van der Waals surface area contributed by atoms with Gasteiger partial charge in [0.15, 0.2) is 0 Å². The molecule has 0 saturated heterocycles. The van der Waals surface area contributed by atoms with E-state index >= 15 is 0 Å². The van der Waals surface area contributed by atoms with Crippen molar-refractivity contribution in [1.82, 2.24) is 9.80 Å². The Kier molecular flexibility index (Phi) is 5.90. The lowest BCUT2D eigenvalue weighted by Gasteiger charge is -2.49. The zero-order valence-corrected chi connectivity index (χ0v) is 12.2. The minimum absolute atomic E-state index is 0.388. The van der Waals surface area contributed by atoms with Gasteiger partial charge in [0.05, 0.1) is 0 Å². The van der Waals surface area contributed by atoms with Crippen molar-refractivity contribution in [2.45, 2.75) is 57.0 Å². The van der Waals surface area contributed by atoms with Gasteiger partial charge in [-0.3, -0.25) is 0 Å². The van der Waals surface area contributed by atoms with E-state index in [1.807, 2.05) is 0 Å². The van der Waals surface area contributed by atoms with Crippen LogP contribution in [0.3, 0.4) is 0 Å². The number of nitrogens with zero attached hydrogens (tertiary/aromatic N) is 2. The van der Waals surface area contributed by atoms with Gasteiger partial charge in [0.25, 0.3) is 0 Å². The number of hydrogen-bond acceptors (Lipinski definition) is 3. The molecule has 0 heterocycles. The quantitative estimate of drug-likeness (QED) is 0.705. The summed E-state index contributed by atoms with van der Waals surface area (Å²) >= 11 is 0. The maximum atomic E-state index is 6.07. The second-order valence-corrected chi connectivity index (χ2v) is 6.05. The van der Waals surface area contributed by atoms with Crippen LogP contribution in [0.4, 0.5) is 0 Å². The van der Waals surface area contributed by atoms with E-state index in [0.29, 0.717) is 11.6 Å². The zero-order chi connectivity index (χ0) is 12.9. The van der Waals surface area contributed by atoms with E-state index in [9.17, 15) is 0 Å². The first-order valence-corrected chi connectivity index (χ1v) is 7.12. The van der Waals surface area contributed by atoms with Crippen LogP contribution in [-0.2, 0) is 0 Å². The summed E-state index contributed by atoms with van der Waals surface area (Å²) in [5.41, 5.74) is 6.51. The Morgan fingerprint density at radius 2 is 1.82 bits per heavy atom. The third-order valence-corrected chi connectivity index (χ3v) is 4.34. The van der Waals surface area contributed by atoms with Gasteiger partial charge in [-0.1, -0.05) is 13.3 Å². The highest BCUT2D eigenvalue weighted by Crippen LogP contribution is 2.36. The predicted octanol–water partition coefficient (Wildman–Crippen LogP) is 1.92. The smallest absolute Gasteiger partial charge is 0.0330 e. The molecule has 102 valence electrons. The fourth-order valence-corrected chi connectivity index (χ4v) is 2.81. The first kappa shape index (κ1) is 14.9. The third-order valence-electron chi connectivity index (χ3n) is 4.34. The van der Waals surface area contributed by atoms with Gasteiger partial charge in [-0.15, -0.1) is 0 Å². The van der Waals surface area contributed by atoms with E-state index in [1.54, 1.807) is 0 Å². The molecule has 1 rings (SSSR count). The van der Waals surface area contributed by atoms with Gasteiger partial charge in [0, 0.05) is 18.1 Å². The van der Waals surface area contributed by atoms with E-state index in [4.69, 9.17) is 5.73 Å². The average molecular weight is 241 g/mol. The molecule has 0 bridgehead atoms. The van der Waals surface area contributed by atoms with Crippen molar-refractivity contribution in [2.75, 3.05) is 34.2 Å². The van der Waals surface area contributed by atoms with Crippen LogP contribution >= 0.6 is 0 Å². The van der Waals surface area contributed by atoms with Gasteiger partial charge in [-0.25, -0.2) is 0 Å². The van der Waals surface area contributed by atoms with Crippen LogP contribution in [0.1, 0.15) is 45.4 Å². The molecule has 1 unspecified atom stereocenters. The standard InChI is InChI=1S/C14H31N3/c1-5-7-13(15)8-11-17(4)12-14(16(2)3)9-6-10-14/h13H,5-12,15H2,1-4H3. The summed E-state index contributed by atoms with van der Waals surface area (Å²) in [7, 11) is 6.67. The van der Waals surface area contributed by atoms with Gasteiger partial charge in [0.1, 0.15) is 0 Å². The topological polar surface area (TPSA) is 32.5 Å². The Hall–Kier alpha value is -0.120. The van der Waals surface area contributed by atoms with E-state index in [1.165, 1.54) is 32.2 Å². The molecule has 17 heavy (non-hydrogen) atoms. The van der Waals surface area contributed by atoms with Crippen LogP contribution in [0.5, 0.6) is 0 Å². The van der Waals surface area contributed by atoms with E-state index in [2.05, 4.69) is 37.9 Å². The number of nitrogens with two attached hydrogens (primary N) is 1. The first-order chi connectivity index (χ1) is 8.00. The Balaban J connectivity index is 2.26. The van der Waals surface area contributed by atoms with Crippen molar-refractivity contribution in [1.29, 1.82) is 0 Å². The van der Waals surface area contributed by atoms with Crippen molar-refractivity contribution < 1.29 is 0 Å². The van der Waals surface area contributed by atoms with Crippen molar-refractivity contribution in [3.8, 4) is 0 Å². The van der Waals surface area contributed by atoms with Crippen molar-refractivity contribution in [3.05, 3.63) is 0 Å². The highest BCUT2D eigenvalue weighted by molar-refractivity contribution is 4.97. The normalized spacial score (nSPS) is 20.6. The summed E-state index contributed by atoms with van der Waals surface area (Å²) in [5.74, 6) is 0. The third kappa shape index (κ3) is 4.23. The van der Waals surface area contributed by atoms with Gasteiger partial charge in [-0.2, -0.15) is 0 Å². The lowest BCUT2D eigenvalue weighted by atomic mass is 9.75. The molecule has 0 radical (unpaired) electrons. The summed E-state index contributed by atoms with van der Waals surface area (Å²) in [6.07, 6.45) is 7.59. The molecular formula is C14H31N3. The Labute approximate surface area is 107 Å². The minimum atomic E-state index is 0.388. The number of hydrogen-bond donors (Lipinski definition) is 1. The minimum Gasteiger partial charge on any atom is -0.328 e. The van der Waals surface area contributed by atoms with E-state index in [0.717, 1.165) is 19.4 Å². The highest BCUT2D eigenvalue weighted by atomic mass is 15.2. The molecule has 0 aliphatic heterocycles. The van der Waals surface area contributed by atoms with Gasteiger partial charge >= 0.3 is 0 Å². The Morgan fingerprint density at radius 3 is 2.24 bits per heavy atom. The molecule has 3 heteroatoms. The Bertz CT molecular complexity index is 212. The maximum absolute atomic E-state index is 6.07. The van der Waals surface area contributed by atoms with Crippen LogP contribution in [0.25, 0.3) is 0 Å². The Morgan fingerprint density at radius 1 is 1.18 bits per heavy atom. The largest absolute Gasteiger partial charge is 0.328 e. The van der Waals surface area contributed by atoms with Crippen LogP contribution in [-0.4, -0.2) is 55.6 Å². The van der Waals surface area contributed by atoms with Crippen molar-refractivity contribution in [2.24, 2.45) is 5.73 Å². The van der Waals surface area contributed by atoms with Crippen LogP contribution in [0.2, 0.25) is 0 Å².